The number of aromatic nitrogens is 5. The van der Waals surface area contributed by atoms with Crippen LogP contribution < -0.4 is 20.4 Å². The molecule has 4 rings (SSSR count). The van der Waals surface area contributed by atoms with Gasteiger partial charge in [0.2, 0.25) is 17.8 Å². The van der Waals surface area contributed by atoms with Gasteiger partial charge in [0, 0.05) is 56.9 Å². The minimum atomic E-state index is -0.123. The molecular formula is C19H21N9O. The molecule has 1 fully saturated rings. The number of amides is 1. The molecule has 10 nitrogen and oxygen atoms in total. The molecule has 1 aliphatic heterocycles. The summed E-state index contributed by atoms with van der Waals surface area (Å²) in [6.45, 7) is 4.65. The molecule has 10 heteroatoms. The molecule has 0 radical (unpaired) electrons. The molecular weight excluding hydrogens is 370 g/mol. The number of anilines is 5. The maximum absolute atomic E-state index is 11.2. The number of hydrogen-bond acceptors (Lipinski definition) is 9. The van der Waals surface area contributed by atoms with E-state index in [2.05, 4.69) is 45.6 Å². The van der Waals surface area contributed by atoms with Gasteiger partial charge in [-0.05, 0) is 24.3 Å². The van der Waals surface area contributed by atoms with Crippen LogP contribution in [0.1, 0.15) is 6.92 Å². The summed E-state index contributed by atoms with van der Waals surface area (Å²) in [4.78, 5) is 28.7. The predicted octanol–water partition coefficient (Wildman–Crippen LogP) is 1.69. The molecule has 3 aromatic rings. The van der Waals surface area contributed by atoms with Crippen LogP contribution in [0.25, 0.3) is 0 Å². The fraction of sp³-hybridized carbons (Fsp3) is 0.263. The Morgan fingerprint density at radius 3 is 2.48 bits per heavy atom. The first kappa shape index (κ1) is 18.5. The van der Waals surface area contributed by atoms with Crippen LogP contribution in [0.4, 0.5) is 29.1 Å². The molecule has 29 heavy (non-hydrogen) atoms. The van der Waals surface area contributed by atoms with Crippen molar-refractivity contribution in [2.75, 3.05) is 46.6 Å². The predicted molar refractivity (Wildman–Crippen MR) is 110 cm³/mol. The van der Waals surface area contributed by atoms with Gasteiger partial charge in [0.25, 0.3) is 0 Å². The maximum atomic E-state index is 11.2. The van der Waals surface area contributed by atoms with Crippen molar-refractivity contribution in [1.29, 1.82) is 0 Å². The molecule has 1 saturated heterocycles. The molecule has 0 unspecified atom stereocenters. The molecule has 2 aromatic heterocycles. The lowest BCUT2D eigenvalue weighted by Gasteiger charge is -2.35. The number of benzene rings is 1. The highest BCUT2D eigenvalue weighted by Crippen LogP contribution is 2.20. The molecule has 0 saturated carbocycles. The van der Waals surface area contributed by atoms with Crippen molar-refractivity contribution in [1.82, 2.24) is 25.1 Å². The monoisotopic (exact) mass is 391 g/mol. The van der Waals surface area contributed by atoms with Crippen molar-refractivity contribution in [3.63, 3.8) is 0 Å². The topological polar surface area (TPSA) is 112 Å². The Hall–Kier alpha value is -3.82. The van der Waals surface area contributed by atoms with Gasteiger partial charge in [-0.15, -0.1) is 5.10 Å². The second kappa shape index (κ2) is 8.46. The van der Waals surface area contributed by atoms with E-state index >= 15 is 0 Å². The van der Waals surface area contributed by atoms with E-state index in [9.17, 15) is 4.79 Å². The van der Waals surface area contributed by atoms with E-state index in [1.807, 2.05) is 30.3 Å². The summed E-state index contributed by atoms with van der Waals surface area (Å²) in [6, 6.07) is 9.16. The van der Waals surface area contributed by atoms with Gasteiger partial charge in [0.1, 0.15) is 0 Å². The van der Waals surface area contributed by atoms with E-state index in [0.717, 1.165) is 43.6 Å². The van der Waals surface area contributed by atoms with Crippen LogP contribution in [-0.2, 0) is 4.79 Å². The van der Waals surface area contributed by atoms with Crippen molar-refractivity contribution in [3.8, 4) is 0 Å². The molecule has 0 aliphatic carbocycles. The number of hydrogen-bond donors (Lipinski definition) is 2. The zero-order valence-electron chi connectivity index (χ0n) is 16.0. The first-order chi connectivity index (χ1) is 14.2. The molecule has 0 spiro atoms. The summed E-state index contributed by atoms with van der Waals surface area (Å²) in [5.41, 5.74) is 1.46. The van der Waals surface area contributed by atoms with Crippen LogP contribution in [0.2, 0.25) is 0 Å². The molecule has 1 amide bonds. The summed E-state index contributed by atoms with van der Waals surface area (Å²) >= 11 is 0. The summed E-state index contributed by atoms with van der Waals surface area (Å²) in [6.07, 6.45) is 5.16. The Morgan fingerprint density at radius 1 is 1.00 bits per heavy atom. The number of carbonyl (C=O) groups excluding carboxylic acids is 1. The van der Waals surface area contributed by atoms with Crippen molar-refractivity contribution in [3.05, 3.63) is 48.9 Å². The molecule has 1 aliphatic rings. The largest absolute Gasteiger partial charge is 0.352 e. The van der Waals surface area contributed by atoms with Crippen LogP contribution in [0, 0.1) is 0 Å². The zero-order valence-corrected chi connectivity index (χ0v) is 16.0. The first-order valence-corrected chi connectivity index (χ1v) is 9.29. The van der Waals surface area contributed by atoms with Gasteiger partial charge in [-0.25, -0.2) is 9.97 Å². The van der Waals surface area contributed by atoms with Crippen molar-refractivity contribution in [2.45, 2.75) is 6.92 Å². The van der Waals surface area contributed by atoms with Gasteiger partial charge in [0.05, 0.1) is 6.20 Å². The lowest BCUT2D eigenvalue weighted by molar-refractivity contribution is -0.114. The number of piperazine rings is 1. The number of nitrogens with zero attached hydrogens (tertiary/aromatic N) is 7. The summed E-state index contributed by atoms with van der Waals surface area (Å²) in [5, 5.41) is 14.0. The van der Waals surface area contributed by atoms with Crippen LogP contribution in [0.5, 0.6) is 0 Å². The smallest absolute Gasteiger partial charge is 0.249 e. The molecule has 2 N–H and O–H groups in total. The average Bonchev–Trinajstić information content (AvgIpc) is 2.74. The molecule has 148 valence electrons. The second-order valence-corrected chi connectivity index (χ2v) is 6.55. The van der Waals surface area contributed by atoms with E-state index in [4.69, 9.17) is 0 Å². The normalized spacial score (nSPS) is 13.8. The van der Waals surface area contributed by atoms with Gasteiger partial charge >= 0.3 is 0 Å². The van der Waals surface area contributed by atoms with Crippen LogP contribution in [0.3, 0.4) is 0 Å². The molecule has 3 heterocycles. The highest BCUT2D eigenvalue weighted by Gasteiger charge is 2.20. The Morgan fingerprint density at radius 2 is 1.72 bits per heavy atom. The number of rotatable bonds is 5. The van der Waals surface area contributed by atoms with E-state index in [1.54, 1.807) is 18.6 Å². The van der Waals surface area contributed by atoms with E-state index < -0.39 is 0 Å². The van der Waals surface area contributed by atoms with Gasteiger partial charge < -0.3 is 20.4 Å². The molecule has 0 bridgehead atoms. The SMILES string of the molecule is CC(=O)Nc1cccc(Nc2nncc(N3CCN(c4ncccn4)CC3)n2)c1. The summed E-state index contributed by atoms with van der Waals surface area (Å²) in [7, 11) is 0. The average molecular weight is 391 g/mol. The maximum Gasteiger partial charge on any atom is 0.249 e. The fourth-order valence-electron chi connectivity index (χ4n) is 3.10. The van der Waals surface area contributed by atoms with Crippen molar-refractivity contribution < 1.29 is 4.79 Å². The number of nitrogens with one attached hydrogen (secondary N) is 2. The Kier molecular flexibility index (Phi) is 5.41. The van der Waals surface area contributed by atoms with Gasteiger partial charge in [0.15, 0.2) is 5.82 Å². The molecule has 1 aromatic carbocycles. The summed E-state index contributed by atoms with van der Waals surface area (Å²) in [5.74, 6) is 1.78. The third-order valence-corrected chi connectivity index (χ3v) is 4.42. The third-order valence-electron chi connectivity index (χ3n) is 4.42. The van der Waals surface area contributed by atoms with Gasteiger partial charge in [-0.3, -0.25) is 4.79 Å². The minimum Gasteiger partial charge on any atom is -0.352 e. The lowest BCUT2D eigenvalue weighted by atomic mass is 10.3. The number of carbonyl (C=O) groups is 1. The Bertz CT molecular complexity index is 974. The Balaban J connectivity index is 1.41. The van der Waals surface area contributed by atoms with Crippen LogP contribution in [-0.4, -0.2) is 57.2 Å². The van der Waals surface area contributed by atoms with Gasteiger partial charge in [-0.1, -0.05) is 6.07 Å². The van der Waals surface area contributed by atoms with Crippen molar-refractivity contribution >= 4 is 35.0 Å². The minimum absolute atomic E-state index is 0.123. The Labute approximate surface area is 168 Å². The van der Waals surface area contributed by atoms with E-state index in [-0.39, 0.29) is 5.91 Å². The highest BCUT2D eigenvalue weighted by molar-refractivity contribution is 5.89. The zero-order chi connectivity index (χ0) is 20.1. The second-order valence-electron chi connectivity index (χ2n) is 6.55. The first-order valence-electron chi connectivity index (χ1n) is 9.29. The third kappa shape index (κ3) is 4.72. The van der Waals surface area contributed by atoms with Crippen molar-refractivity contribution in [2.24, 2.45) is 0 Å². The van der Waals surface area contributed by atoms with E-state index in [0.29, 0.717) is 11.6 Å². The van der Waals surface area contributed by atoms with Crippen LogP contribution in [0.15, 0.2) is 48.9 Å². The van der Waals surface area contributed by atoms with E-state index in [1.165, 1.54) is 6.92 Å². The fourth-order valence-corrected chi connectivity index (χ4v) is 3.10. The summed E-state index contributed by atoms with van der Waals surface area (Å²) < 4.78 is 0. The molecule has 0 atom stereocenters. The quantitative estimate of drug-likeness (QED) is 0.671. The van der Waals surface area contributed by atoms with Gasteiger partial charge in [-0.2, -0.15) is 10.1 Å². The standard InChI is InChI=1S/C19H21N9O/c1-14(29)23-15-4-2-5-16(12-15)24-18-25-17(13-22-26-18)27-8-10-28(11-9-27)19-20-6-3-7-21-19/h2-7,12-13H,8-11H2,1H3,(H,23,29)(H,24,25,26). The highest BCUT2D eigenvalue weighted by atomic mass is 16.1. The van der Waals surface area contributed by atoms with Crippen LogP contribution >= 0.6 is 0 Å². The lowest BCUT2D eigenvalue weighted by Crippen LogP contribution is -2.47.